The van der Waals surface area contributed by atoms with Crippen LogP contribution in [0.25, 0.3) is 0 Å². The Morgan fingerprint density at radius 2 is 2.19 bits per heavy atom. The standard InChI is InChI=1S/C11H22N2O3/c1-11(2,3)10(14)16-13-6-5-12-9(7-13)8-15-4/h9,12H,5-8H2,1-4H3. The van der Waals surface area contributed by atoms with Crippen molar-refractivity contribution in [2.45, 2.75) is 26.8 Å². The van der Waals surface area contributed by atoms with Gasteiger partial charge < -0.3 is 14.9 Å². The van der Waals surface area contributed by atoms with Crippen LogP contribution in [-0.4, -0.2) is 50.4 Å². The molecule has 94 valence electrons. The highest BCUT2D eigenvalue weighted by atomic mass is 16.7. The summed E-state index contributed by atoms with van der Waals surface area (Å²) in [7, 11) is 1.67. The van der Waals surface area contributed by atoms with Gasteiger partial charge in [-0.3, -0.25) is 0 Å². The van der Waals surface area contributed by atoms with Crippen LogP contribution in [0.1, 0.15) is 20.8 Å². The fourth-order valence-corrected chi connectivity index (χ4v) is 1.44. The van der Waals surface area contributed by atoms with E-state index in [-0.39, 0.29) is 12.0 Å². The summed E-state index contributed by atoms with van der Waals surface area (Å²) in [5.74, 6) is -0.189. The summed E-state index contributed by atoms with van der Waals surface area (Å²) in [4.78, 5) is 17.0. The van der Waals surface area contributed by atoms with Crippen LogP contribution in [0.4, 0.5) is 0 Å². The number of hydrogen-bond acceptors (Lipinski definition) is 5. The lowest BCUT2D eigenvalue weighted by atomic mass is 9.98. The van der Waals surface area contributed by atoms with E-state index in [1.54, 1.807) is 12.2 Å². The fraction of sp³-hybridized carbons (Fsp3) is 0.909. The molecule has 0 aromatic carbocycles. The molecule has 0 aromatic heterocycles. The molecule has 0 aliphatic carbocycles. The molecule has 16 heavy (non-hydrogen) atoms. The molecule has 1 saturated heterocycles. The fourth-order valence-electron chi connectivity index (χ4n) is 1.44. The molecule has 1 aliphatic heterocycles. The highest BCUT2D eigenvalue weighted by molar-refractivity contribution is 5.75. The predicted octanol–water partition coefficient (Wildman–Crippen LogP) is 0.411. The molecular weight excluding hydrogens is 208 g/mol. The predicted molar refractivity (Wildman–Crippen MR) is 60.8 cm³/mol. The van der Waals surface area contributed by atoms with E-state index < -0.39 is 5.41 Å². The topological polar surface area (TPSA) is 50.8 Å². The molecule has 1 rings (SSSR count). The van der Waals surface area contributed by atoms with Crippen molar-refractivity contribution in [3.63, 3.8) is 0 Å². The van der Waals surface area contributed by atoms with Crippen molar-refractivity contribution < 1.29 is 14.4 Å². The largest absolute Gasteiger partial charge is 0.383 e. The van der Waals surface area contributed by atoms with Crippen LogP contribution >= 0.6 is 0 Å². The second-order valence-electron chi connectivity index (χ2n) is 5.12. The molecule has 1 heterocycles. The minimum atomic E-state index is -0.457. The lowest BCUT2D eigenvalue weighted by Gasteiger charge is -2.33. The average Bonchev–Trinajstić information content (AvgIpc) is 2.17. The summed E-state index contributed by atoms with van der Waals surface area (Å²) >= 11 is 0. The molecule has 5 heteroatoms. The zero-order valence-corrected chi connectivity index (χ0v) is 10.6. The summed E-state index contributed by atoms with van der Waals surface area (Å²) in [6.45, 7) is 8.39. The highest BCUT2D eigenvalue weighted by Gasteiger charge is 2.28. The van der Waals surface area contributed by atoms with Gasteiger partial charge >= 0.3 is 5.97 Å². The molecule has 1 atom stereocenters. The summed E-state index contributed by atoms with van der Waals surface area (Å²) in [5, 5.41) is 5.02. The first-order chi connectivity index (χ1) is 7.43. The lowest BCUT2D eigenvalue weighted by Crippen LogP contribution is -2.53. The molecule has 0 bridgehead atoms. The Kier molecular flexibility index (Phi) is 4.70. The van der Waals surface area contributed by atoms with Gasteiger partial charge in [-0.05, 0) is 20.8 Å². The number of methoxy groups -OCH3 is 1. The van der Waals surface area contributed by atoms with Gasteiger partial charge in [0.05, 0.1) is 18.6 Å². The van der Waals surface area contributed by atoms with E-state index in [0.29, 0.717) is 13.2 Å². The van der Waals surface area contributed by atoms with E-state index in [4.69, 9.17) is 9.57 Å². The lowest BCUT2D eigenvalue weighted by molar-refractivity contribution is -0.205. The third-order valence-corrected chi connectivity index (χ3v) is 2.41. The molecule has 0 amide bonds. The summed E-state index contributed by atoms with van der Waals surface area (Å²) in [5.41, 5.74) is -0.457. The molecule has 0 aromatic rings. The van der Waals surface area contributed by atoms with Crippen molar-refractivity contribution in [1.82, 2.24) is 10.4 Å². The first-order valence-electron chi connectivity index (χ1n) is 5.63. The quantitative estimate of drug-likeness (QED) is 0.761. The smallest absolute Gasteiger partial charge is 0.330 e. The molecule has 5 nitrogen and oxygen atoms in total. The zero-order chi connectivity index (χ0) is 12.2. The maximum absolute atomic E-state index is 11.7. The molecule has 0 spiro atoms. The molecule has 1 unspecified atom stereocenters. The summed E-state index contributed by atoms with van der Waals surface area (Å²) < 4.78 is 5.07. The maximum atomic E-state index is 11.7. The van der Waals surface area contributed by atoms with Crippen molar-refractivity contribution in [3.8, 4) is 0 Å². The Morgan fingerprint density at radius 3 is 2.75 bits per heavy atom. The van der Waals surface area contributed by atoms with Crippen LogP contribution in [0.2, 0.25) is 0 Å². The number of piperazine rings is 1. The first-order valence-corrected chi connectivity index (χ1v) is 5.63. The van der Waals surface area contributed by atoms with E-state index >= 15 is 0 Å². The van der Waals surface area contributed by atoms with Gasteiger partial charge in [0.1, 0.15) is 0 Å². The SMILES string of the molecule is COCC1CN(OC(=O)C(C)(C)C)CCN1. The van der Waals surface area contributed by atoms with E-state index in [2.05, 4.69) is 5.32 Å². The summed E-state index contributed by atoms with van der Waals surface area (Å²) in [6.07, 6.45) is 0. The molecular formula is C11H22N2O3. The van der Waals surface area contributed by atoms with Gasteiger partial charge in [0.15, 0.2) is 0 Å². The number of nitrogens with one attached hydrogen (secondary N) is 1. The number of hydrogen-bond donors (Lipinski definition) is 1. The van der Waals surface area contributed by atoms with Crippen LogP contribution in [-0.2, 0) is 14.4 Å². The Morgan fingerprint density at radius 1 is 1.50 bits per heavy atom. The molecule has 1 aliphatic rings. The monoisotopic (exact) mass is 230 g/mol. The van der Waals surface area contributed by atoms with Crippen LogP contribution < -0.4 is 5.32 Å². The minimum Gasteiger partial charge on any atom is -0.383 e. The van der Waals surface area contributed by atoms with Crippen LogP contribution in [0, 0.1) is 5.41 Å². The number of carbonyl (C=O) groups excluding carboxylic acids is 1. The third-order valence-electron chi connectivity index (χ3n) is 2.41. The van der Waals surface area contributed by atoms with E-state index in [1.807, 2.05) is 20.8 Å². The average molecular weight is 230 g/mol. The van der Waals surface area contributed by atoms with Gasteiger partial charge in [0, 0.05) is 26.2 Å². The van der Waals surface area contributed by atoms with Crippen LogP contribution in [0.3, 0.4) is 0 Å². The van der Waals surface area contributed by atoms with E-state index in [0.717, 1.165) is 13.1 Å². The Balaban J connectivity index is 2.40. The van der Waals surface area contributed by atoms with Crippen molar-refractivity contribution >= 4 is 5.97 Å². The van der Waals surface area contributed by atoms with Crippen molar-refractivity contribution in [1.29, 1.82) is 0 Å². The number of carbonyl (C=O) groups is 1. The Bertz CT molecular complexity index is 236. The van der Waals surface area contributed by atoms with Gasteiger partial charge in [0.25, 0.3) is 0 Å². The minimum absolute atomic E-state index is 0.189. The number of nitrogens with zero attached hydrogens (tertiary/aromatic N) is 1. The van der Waals surface area contributed by atoms with Crippen LogP contribution in [0.5, 0.6) is 0 Å². The van der Waals surface area contributed by atoms with Gasteiger partial charge in [0.2, 0.25) is 0 Å². The van der Waals surface area contributed by atoms with Gasteiger partial charge in [-0.15, -0.1) is 5.06 Å². The second-order valence-corrected chi connectivity index (χ2v) is 5.12. The first kappa shape index (κ1) is 13.4. The molecule has 0 radical (unpaired) electrons. The van der Waals surface area contributed by atoms with Crippen molar-refractivity contribution in [3.05, 3.63) is 0 Å². The molecule has 1 N–H and O–H groups in total. The maximum Gasteiger partial charge on any atom is 0.330 e. The normalized spacial score (nSPS) is 23.1. The number of rotatable bonds is 3. The van der Waals surface area contributed by atoms with E-state index in [9.17, 15) is 4.79 Å². The van der Waals surface area contributed by atoms with Gasteiger partial charge in [-0.2, -0.15) is 0 Å². The van der Waals surface area contributed by atoms with Gasteiger partial charge in [-0.25, -0.2) is 4.79 Å². The Hall–Kier alpha value is -0.650. The summed E-state index contributed by atoms with van der Waals surface area (Å²) in [6, 6.07) is 0.228. The number of hydroxylamine groups is 2. The Labute approximate surface area is 97.0 Å². The zero-order valence-electron chi connectivity index (χ0n) is 10.6. The third kappa shape index (κ3) is 4.08. The molecule has 1 fully saturated rings. The molecule has 0 saturated carbocycles. The van der Waals surface area contributed by atoms with E-state index in [1.165, 1.54) is 0 Å². The highest BCUT2D eigenvalue weighted by Crippen LogP contribution is 2.16. The second kappa shape index (κ2) is 5.61. The van der Waals surface area contributed by atoms with Crippen molar-refractivity contribution in [2.24, 2.45) is 5.41 Å². The van der Waals surface area contributed by atoms with Gasteiger partial charge in [-0.1, -0.05) is 0 Å². The van der Waals surface area contributed by atoms with Crippen molar-refractivity contribution in [2.75, 3.05) is 33.4 Å². The number of ether oxygens (including phenoxy) is 1. The van der Waals surface area contributed by atoms with Crippen LogP contribution in [0.15, 0.2) is 0 Å².